The second-order valence-electron chi connectivity index (χ2n) is 6.64. The zero-order valence-electron chi connectivity index (χ0n) is 14.9. The van der Waals surface area contributed by atoms with Crippen LogP contribution in [0, 0.1) is 0 Å². The summed E-state index contributed by atoms with van der Waals surface area (Å²) in [5.41, 5.74) is -0.293. The zero-order valence-corrected chi connectivity index (χ0v) is 16.5. The van der Waals surface area contributed by atoms with E-state index in [-0.39, 0.29) is 22.8 Å². The zero-order chi connectivity index (χ0) is 19.5. The van der Waals surface area contributed by atoms with Crippen molar-refractivity contribution in [2.75, 3.05) is 13.6 Å². The number of halogens is 1. The molecule has 0 atom stereocenters. The molecular formula is C16H20ClN3O5S. The fourth-order valence-corrected chi connectivity index (χ4v) is 3.10. The Balaban J connectivity index is 1.94. The Bertz CT molecular complexity index is 872. The highest BCUT2D eigenvalue weighted by Gasteiger charge is 2.25. The molecule has 26 heavy (non-hydrogen) atoms. The van der Waals surface area contributed by atoms with Crippen LogP contribution in [-0.4, -0.2) is 42.4 Å². The molecule has 0 aliphatic rings. The highest BCUT2D eigenvalue weighted by Crippen LogP contribution is 2.19. The van der Waals surface area contributed by atoms with Gasteiger partial charge in [-0.05, 0) is 24.3 Å². The Labute approximate surface area is 157 Å². The molecule has 8 nitrogen and oxygen atoms in total. The lowest BCUT2D eigenvalue weighted by atomic mass is 9.96. The molecule has 0 bridgehead atoms. The summed E-state index contributed by atoms with van der Waals surface area (Å²) >= 11 is 5.75. The van der Waals surface area contributed by atoms with Crippen LogP contribution in [0.4, 0.5) is 0 Å². The minimum absolute atomic E-state index is 0.0314. The summed E-state index contributed by atoms with van der Waals surface area (Å²) in [6.07, 6.45) is 0. The number of nitrogens with zero attached hydrogens (tertiary/aromatic N) is 3. The van der Waals surface area contributed by atoms with Crippen LogP contribution in [0.3, 0.4) is 0 Å². The number of benzene rings is 1. The van der Waals surface area contributed by atoms with Crippen LogP contribution in [-0.2, 0) is 31.6 Å². The lowest BCUT2D eigenvalue weighted by Gasteiger charge is -2.16. The Morgan fingerprint density at radius 2 is 1.88 bits per heavy atom. The molecule has 2 aromatic rings. The van der Waals surface area contributed by atoms with Gasteiger partial charge in [0, 0.05) is 17.5 Å². The van der Waals surface area contributed by atoms with E-state index in [1.807, 2.05) is 20.8 Å². The van der Waals surface area contributed by atoms with Crippen molar-refractivity contribution in [2.24, 2.45) is 0 Å². The highest BCUT2D eigenvalue weighted by atomic mass is 35.5. The third-order valence-electron chi connectivity index (χ3n) is 3.37. The van der Waals surface area contributed by atoms with Gasteiger partial charge in [-0.3, -0.25) is 4.79 Å². The van der Waals surface area contributed by atoms with Crippen LogP contribution in [0.2, 0.25) is 5.02 Å². The van der Waals surface area contributed by atoms with Gasteiger partial charge >= 0.3 is 5.97 Å². The van der Waals surface area contributed by atoms with E-state index in [0.717, 1.165) is 4.31 Å². The van der Waals surface area contributed by atoms with Gasteiger partial charge in [0.05, 0.1) is 4.90 Å². The highest BCUT2D eigenvalue weighted by molar-refractivity contribution is 7.89. The summed E-state index contributed by atoms with van der Waals surface area (Å²) in [5.74, 6) is -0.0991. The first-order chi connectivity index (χ1) is 12.0. The van der Waals surface area contributed by atoms with Crippen molar-refractivity contribution in [3.05, 3.63) is 41.0 Å². The molecule has 0 saturated heterocycles. The molecule has 0 N–H and O–H groups in total. The molecule has 1 heterocycles. The van der Waals surface area contributed by atoms with Crippen molar-refractivity contribution in [1.29, 1.82) is 0 Å². The van der Waals surface area contributed by atoms with E-state index in [1.165, 1.54) is 31.3 Å². The molecule has 10 heteroatoms. The van der Waals surface area contributed by atoms with E-state index >= 15 is 0 Å². The van der Waals surface area contributed by atoms with E-state index in [0.29, 0.717) is 10.8 Å². The topological polar surface area (TPSA) is 103 Å². The maximum atomic E-state index is 12.4. The van der Waals surface area contributed by atoms with Gasteiger partial charge in [-0.1, -0.05) is 37.5 Å². The third-order valence-corrected chi connectivity index (χ3v) is 5.44. The van der Waals surface area contributed by atoms with Crippen molar-refractivity contribution in [2.45, 2.75) is 37.7 Å². The lowest BCUT2D eigenvalue weighted by Crippen LogP contribution is -2.33. The number of carbonyl (C=O) groups is 1. The molecule has 142 valence electrons. The van der Waals surface area contributed by atoms with E-state index < -0.39 is 22.5 Å². The monoisotopic (exact) mass is 401 g/mol. The van der Waals surface area contributed by atoms with Crippen molar-refractivity contribution in [1.82, 2.24) is 14.4 Å². The second-order valence-corrected chi connectivity index (χ2v) is 9.12. The molecule has 1 aromatic heterocycles. The average molecular weight is 402 g/mol. The largest absolute Gasteiger partial charge is 0.455 e. The summed E-state index contributed by atoms with van der Waals surface area (Å²) in [6.45, 7) is 5.08. The molecule has 0 spiro atoms. The number of aromatic nitrogens is 2. The van der Waals surface area contributed by atoms with Crippen LogP contribution >= 0.6 is 11.6 Å². The van der Waals surface area contributed by atoms with Crippen LogP contribution in [0.1, 0.15) is 32.5 Å². The fraction of sp³-hybridized carbons (Fsp3) is 0.438. The average Bonchev–Trinajstić information content (AvgIpc) is 3.02. The van der Waals surface area contributed by atoms with Crippen molar-refractivity contribution >= 4 is 27.6 Å². The van der Waals surface area contributed by atoms with Gasteiger partial charge in [-0.2, -0.15) is 9.29 Å². The van der Waals surface area contributed by atoms with Crippen molar-refractivity contribution in [3.8, 4) is 0 Å². The second kappa shape index (κ2) is 7.73. The minimum atomic E-state index is -3.83. The summed E-state index contributed by atoms with van der Waals surface area (Å²) in [5, 5.41) is 4.23. The van der Waals surface area contributed by atoms with Crippen LogP contribution in [0.25, 0.3) is 0 Å². The molecule has 0 unspecified atom stereocenters. The molecule has 0 aliphatic heterocycles. The molecule has 0 fully saturated rings. The first-order valence-electron chi connectivity index (χ1n) is 7.71. The predicted octanol–water partition coefficient (Wildman–Crippen LogP) is 2.38. The maximum absolute atomic E-state index is 12.4. The lowest BCUT2D eigenvalue weighted by molar-refractivity contribution is -0.145. The molecule has 0 aliphatic carbocycles. The standard InChI is InChI=1S/C16H20ClN3O5S/c1-16(2,3)15-18-13(25-19-15)10-24-14(21)9-20(4)26(22,23)12-7-5-11(17)6-8-12/h5-8H,9-10H2,1-4H3. The fourth-order valence-electron chi connectivity index (χ4n) is 1.86. The number of ether oxygens (including phenoxy) is 1. The number of rotatable bonds is 6. The summed E-state index contributed by atoms with van der Waals surface area (Å²) in [7, 11) is -2.54. The predicted molar refractivity (Wildman–Crippen MR) is 94.1 cm³/mol. The summed E-state index contributed by atoms with van der Waals surface area (Å²) in [6, 6.07) is 5.66. The normalized spacial score (nSPS) is 12.4. The number of hydrogen-bond acceptors (Lipinski definition) is 7. The number of sulfonamides is 1. The Kier molecular flexibility index (Phi) is 6.05. The van der Waals surface area contributed by atoms with Crippen molar-refractivity contribution < 1.29 is 22.5 Å². The minimum Gasteiger partial charge on any atom is -0.455 e. The number of likely N-dealkylation sites (N-methyl/N-ethyl adjacent to an activating group) is 1. The van der Waals surface area contributed by atoms with E-state index in [2.05, 4.69) is 10.1 Å². The van der Waals surface area contributed by atoms with Gasteiger partial charge in [0.25, 0.3) is 5.89 Å². The Morgan fingerprint density at radius 3 is 2.42 bits per heavy atom. The van der Waals surface area contributed by atoms with Gasteiger partial charge in [-0.25, -0.2) is 8.42 Å². The Hall–Kier alpha value is -1.97. The summed E-state index contributed by atoms with van der Waals surface area (Å²) in [4.78, 5) is 16.1. The molecule has 0 saturated carbocycles. The van der Waals surface area contributed by atoms with E-state index in [1.54, 1.807) is 0 Å². The van der Waals surface area contributed by atoms with Gasteiger partial charge in [0.1, 0.15) is 6.54 Å². The van der Waals surface area contributed by atoms with Crippen LogP contribution in [0.15, 0.2) is 33.7 Å². The van der Waals surface area contributed by atoms with E-state index in [9.17, 15) is 13.2 Å². The SMILES string of the molecule is CN(CC(=O)OCc1nc(C(C)(C)C)no1)S(=O)(=O)c1ccc(Cl)cc1. The van der Waals surface area contributed by atoms with Gasteiger partial charge in [0.2, 0.25) is 10.0 Å². The van der Waals surface area contributed by atoms with Gasteiger partial charge in [-0.15, -0.1) is 0 Å². The molecule has 1 aromatic carbocycles. The molecule has 0 amide bonds. The number of carbonyl (C=O) groups excluding carboxylic acids is 1. The first kappa shape index (κ1) is 20.3. The molecule has 0 radical (unpaired) electrons. The first-order valence-corrected chi connectivity index (χ1v) is 9.52. The van der Waals surface area contributed by atoms with Crippen LogP contribution < -0.4 is 0 Å². The molecule has 2 rings (SSSR count). The molecular weight excluding hydrogens is 382 g/mol. The summed E-state index contributed by atoms with van der Waals surface area (Å²) < 4.78 is 35.7. The van der Waals surface area contributed by atoms with Gasteiger partial charge < -0.3 is 9.26 Å². The van der Waals surface area contributed by atoms with Crippen molar-refractivity contribution in [3.63, 3.8) is 0 Å². The van der Waals surface area contributed by atoms with E-state index in [4.69, 9.17) is 20.9 Å². The van der Waals surface area contributed by atoms with Gasteiger partial charge in [0.15, 0.2) is 12.4 Å². The number of hydrogen-bond donors (Lipinski definition) is 0. The third kappa shape index (κ3) is 5.03. The number of esters is 1. The smallest absolute Gasteiger partial charge is 0.321 e. The Morgan fingerprint density at radius 1 is 1.27 bits per heavy atom. The quantitative estimate of drug-likeness (QED) is 0.684. The maximum Gasteiger partial charge on any atom is 0.321 e. The van der Waals surface area contributed by atoms with Crippen LogP contribution in [0.5, 0.6) is 0 Å².